The number of rotatable bonds is 6. The first-order valence-electron chi connectivity index (χ1n) is 9.25. The van der Waals surface area contributed by atoms with Gasteiger partial charge in [-0.2, -0.15) is 0 Å². The summed E-state index contributed by atoms with van der Waals surface area (Å²) < 4.78 is 10.6. The monoisotopic (exact) mass is 425 g/mol. The number of hydrogen-bond donors (Lipinski definition) is 2. The van der Waals surface area contributed by atoms with Gasteiger partial charge in [0, 0.05) is 18.8 Å². The Kier molecular flexibility index (Phi) is 8.24. The first-order valence-corrected chi connectivity index (χ1v) is 10.1. The lowest BCUT2D eigenvalue weighted by Crippen LogP contribution is -2.47. The van der Waals surface area contributed by atoms with Gasteiger partial charge < -0.3 is 20.5 Å². The normalized spacial score (nSPS) is 16.7. The lowest BCUT2D eigenvalue weighted by atomic mass is 9.91. The van der Waals surface area contributed by atoms with Gasteiger partial charge in [0.05, 0.1) is 29.8 Å². The van der Waals surface area contributed by atoms with Crippen molar-refractivity contribution in [3.05, 3.63) is 34.8 Å². The molecule has 3 rings (SSSR count). The van der Waals surface area contributed by atoms with Crippen molar-refractivity contribution in [2.75, 3.05) is 20.3 Å². The number of benzene rings is 1. The predicted octanol–water partition coefficient (Wildman–Crippen LogP) is 3.48. The molecule has 3 N–H and O–H groups in total. The van der Waals surface area contributed by atoms with Gasteiger partial charge in [-0.1, -0.05) is 0 Å². The minimum atomic E-state index is -0.495. The molecule has 1 saturated heterocycles. The molecule has 2 heterocycles. The van der Waals surface area contributed by atoms with Gasteiger partial charge in [0.25, 0.3) is 0 Å². The van der Waals surface area contributed by atoms with E-state index in [2.05, 4.69) is 10.3 Å². The van der Waals surface area contributed by atoms with E-state index in [1.807, 2.05) is 38.1 Å². The minimum absolute atomic E-state index is 0. The van der Waals surface area contributed by atoms with Crippen LogP contribution in [-0.2, 0) is 9.53 Å². The Balaban J connectivity index is 0.00000280. The first-order chi connectivity index (χ1) is 13.0. The summed E-state index contributed by atoms with van der Waals surface area (Å²) in [5, 5.41) is 3.99. The fraction of sp³-hybridized carbons (Fsp3) is 0.500. The van der Waals surface area contributed by atoms with Crippen molar-refractivity contribution in [2.45, 2.75) is 38.8 Å². The number of carbonyl (C=O) groups is 1. The molecular formula is C20H28ClN3O3S. The molecule has 0 spiro atoms. The van der Waals surface area contributed by atoms with E-state index in [0.29, 0.717) is 13.2 Å². The minimum Gasteiger partial charge on any atom is -0.497 e. The Morgan fingerprint density at radius 3 is 2.57 bits per heavy atom. The fourth-order valence-corrected chi connectivity index (χ4v) is 4.41. The number of halogens is 1. The molecule has 1 fully saturated rings. The molecule has 2 aromatic rings. The summed E-state index contributed by atoms with van der Waals surface area (Å²) in [5.74, 6) is 0.895. The maximum atomic E-state index is 12.6. The smallest absolute Gasteiger partial charge is 0.237 e. The van der Waals surface area contributed by atoms with Gasteiger partial charge >= 0.3 is 0 Å². The van der Waals surface area contributed by atoms with Crippen LogP contribution in [0.2, 0.25) is 0 Å². The molecule has 154 valence electrons. The van der Waals surface area contributed by atoms with Crippen molar-refractivity contribution in [3.63, 3.8) is 0 Å². The van der Waals surface area contributed by atoms with Gasteiger partial charge in [0.15, 0.2) is 0 Å². The molecule has 1 aliphatic rings. The molecule has 2 unspecified atom stereocenters. The Hall–Kier alpha value is -1.67. The first kappa shape index (κ1) is 22.6. The third-order valence-electron chi connectivity index (χ3n) is 5.00. The predicted molar refractivity (Wildman–Crippen MR) is 114 cm³/mol. The molecule has 1 aliphatic heterocycles. The number of thiazole rings is 1. The standard InChI is InChI=1S/C20H27N3O3S.ClH/c1-12(22-19(24)17(21)14-8-10-26-11-9-14)18-13(2)23-20(27-18)15-4-6-16(25-3)7-5-15;/h4-7,12,14,17H,8-11,21H2,1-3H3,(H,22,24);1H. The molecule has 1 aromatic heterocycles. The van der Waals surface area contributed by atoms with Crippen LogP contribution in [0.1, 0.15) is 36.4 Å². The van der Waals surface area contributed by atoms with Crippen LogP contribution in [0.15, 0.2) is 24.3 Å². The van der Waals surface area contributed by atoms with Crippen LogP contribution in [0, 0.1) is 12.8 Å². The number of hydrogen-bond acceptors (Lipinski definition) is 6. The van der Waals surface area contributed by atoms with Crippen LogP contribution in [-0.4, -0.2) is 37.3 Å². The highest BCUT2D eigenvalue weighted by Crippen LogP contribution is 2.32. The van der Waals surface area contributed by atoms with Crippen LogP contribution in [0.4, 0.5) is 0 Å². The average Bonchev–Trinajstić information content (AvgIpc) is 3.10. The van der Waals surface area contributed by atoms with E-state index in [0.717, 1.165) is 39.7 Å². The largest absolute Gasteiger partial charge is 0.497 e. The molecule has 1 amide bonds. The summed E-state index contributed by atoms with van der Waals surface area (Å²) >= 11 is 1.60. The summed E-state index contributed by atoms with van der Waals surface area (Å²) in [7, 11) is 1.65. The molecule has 2 atom stereocenters. The van der Waals surface area contributed by atoms with E-state index in [1.165, 1.54) is 0 Å². The number of aryl methyl sites for hydroxylation is 1. The summed E-state index contributed by atoms with van der Waals surface area (Å²) in [6, 6.07) is 7.20. The topological polar surface area (TPSA) is 86.5 Å². The van der Waals surface area contributed by atoms with Crippen molar-refractivity contribution in [2.24, 2.45) is 11.7 Å². The zero-order chi connectivity index (χ0) is 19.4. The van der Waals surface area contributed by atoms with Crippen molar-refractivity contribution >= 4 is 29.7 Å². The number of nitrogens with one attached hydrogen (secondary N) is 1. The summed E-state index contributed by atoms with van der Waals surface area (Å²) in [5.41, 5.74) is 8.15. The molecule has 6 nitrogen and oxygen atoms in total. The second-order valence-electron chi connectivity index (χ2n) is 6.90. The highest BCUT2D eigenvalue weighted by atomic mass is 35.5. The van der Waals surface area contributed by atoms with E-state index in [1.54, 1.807) is 18.4 Å². The van der Waals surface area contributed by atoms with E-state index in [-0.39, 0.29) is 30.3 Å². The molecule has 0 saturated carbocycles. The van der Waals surface area contributed by atoms with Gasteiger partial charge in [-0.05, 0) is 56.9 Å². The zero-order valence-electron chi connectivity index (χ0n) is 16.4. The van der Waals surface area contributed by atoms with E-state index in [9.17, 15) is 4.79 Å². The number of carbonyl (C=O) groups excluding carboxylic acids is 1. The van der Waals surface area contributed by atoms with E-state index in [4.69, 9.17) is 15.2 Å². The number of nitrogens with zero attached hydrogens (tertiary/aromatic N) is 1. The third-order valence-corrected chi connectivity index (χ3v) is 6.39. The van der Waals surface area contributed by atoms with Crippen LogP contribution < -0.4 is 15.8 Å². The maximum absolute atomic E-state index is 12.6. The van der Waals surface area contributed by atoms with E-state index < -0.39 is 6.04 Å². The van der Waals surface area contributed by atoms with Gasteiger partial charge in [0.1, 0.15) is 10.8 Å². The van der Waals surface area contributed by atoms with Crippen LogP contribution in [0.25, 0.3) is 10.6 Å². The van der Waals surface area contributed by atoms with Crippen LogP contribution in [0.3, 0.4) is 0 Å². The van der Waals surface area contributed by atoms with Crippen molar-refractivity contribution < 1.29 is 14.3 Å². The Labute approximate surface area is 176 Å². The van der Waals surface area contributed by atoms with Crippen LogP contribution in [0.5, 0.6) is 5.75 Å². The molecule has 0 bridgehead atoms. The molecule has 0 aliphatic carbocycles. The Morgan fingerprint density at radius 1 is 1.32 bits per heavy atom. The number of ether oxygens (including phenoxy) is 2. The van der Waals surface area contributed by atoms with Crippen molar-refractivity contribution in [1.82, 2.24) is 10.3 Å². The number of methoxy groups -OCH3 is 1. The second kappa shape index (κ2) is 10.2. The van der Waals surface area contributed by atoms with Crippen molar-refractivity contribution in [1.29, 1.82) is 0 Å². The van der Waals surface area contributed by atoms with Crippen molar-refractivity contribution in [3.8, 4) is 16.3 Å². The Morgan fingerprint density at radius 2 is 1.96 bits per heavy atom. The molecule has 1 aromatic carbocycles. The quantitative estimate of drug-likeness (QED) is 0.739. The molecule has 28 heavy (non-hydrogen) atoms. The van der Waals surface area contributed by atoms with Crippen LogP contribution >= 0.6 is 23.7 Å². The SMILES string of the molecule is COc1ccc(-c2nc(C)c(C(C)NC(=O)C(N)C3CCOCC3)s2)cc1.Cl. The summed E-state index contributed by atoms with van der Waals surface area (Å²) in [4.78, 5) is 18.3. The second-order valence-corrected chi connectivity index (χ2v) is 7.93. The highest BCUT2D eigenvalue weighted by molar-refractivity contribution is 7.15. The van der Waals surface area contributed by atoms with E-state index >= 15 is 0 Å². The highest BCUT2D eigenvalue weighted by Gasteiger charge is 2.28. The lowest BCUT2D eigenvalue weighted by Gasteiger charge is -2.27. The number of amides is 1. The van der Waals surface area contributed by atoms with Gasteiger partial charge in [-0.3, -0.25) is 4.79 Å². The Bertz CT molecular complexity index is 776. The zero-order valence-corrected chi connectivity index (χ0v) is 18.1. The third kappa shape index (κ3) is 5.23. The van der Waals surface area contributed by atoms with Gasteiger partial charge in [0.2, 0.25) is 5.91 Å². The summed E-state index contributed by atoms with van der Waals surface area (Å²) in [6.07, 6.45) is 1.67. The fourth-order valence-electron chi connectivity index (χ4n) is 3.33. The molecule has 8 heteroatoms. The average molecular weight is 426 g/mol. The lowest BCUT2D eigenvalue weighted by molar-refractivity contribution is -0.125. The number of aromatic nitrogens is 1. The number of nitrogens with two attached hydrogens (primary N) is 1. The summed E-state index contributed by atoms with van der Waals surface area (Å²) in [6.45, 7) is 5.31. The molecule has 0 radical (unpaired) electrons. The molecular weight excluding hydrogens is 398 g/mol. The maximum Gasteiger partial charge on any atom is 0.237 e. The van der Waals surface area contributed by atoms with Gasteiger partial charge in [-0.25, -0.2) is 4.98 Å². The van der Waals surface area contributed by atoms with Gasteiger partial charge in [-0.15, -0.1) is 23.7 Å².